The van der Waals surface area contributed by atoms with Gasteiger partial charge in [-0.15, -0.1) is 0 Å². The molecule has 0 bridgehead atoms. The molecule has 0 N–H and O–H groups in total. The smallest absolute Gasteiger partial charge is 0.255 e. The van der Waals surface area contributed by atoms with Gasteiger partial charge in [-0.25, -0.2) is 4.98 Å². The zero-order valence-electron chi connectivity index (χ0n) is 12.7. The molecule has 0 spiro atoms. The Hall–Kier alpha value is -2.56. The summed E-state index contributed by atoms with van der Waals surface area (Å²) in [7, 11) is 1.55. The van der Waals surface area contributed by atoms with Crippen LogP contribution in [0.15, 0.2) is 42.6 Å². The zero-order valence-corrected chi connectivity index (χ0v) is 12.7. The van der Waals surface area contributed by atoms with Crippen LogP contribution in [0.5, 0.6) is 11.6 Å². The Morgan fingerprint density at radius 1 is 1.27 bits per heavy atom. The number of carbonyl (C=O) groups excluding carboxylic acids is 1. The van der Waals surface area contributed by atoms with E-state index in [1.165, 1.54) is 6.20 Å². The van der Waals surface area contributed by atoms with Crippen molar-refractivity contribution in [3.05, 3.63) is 53.7 Å². The number of ether oxygens (including phenoxy) is 2. The van der Waals surface area contributed by atoms with Gasteiger partial charge >= 0.3 is 0 Å². The van der Waals surface area contributed by atoms with E-state index < -0.39 is 0 Å². The first-order valence-corrected chi connectivity index (χ1v) is 7.18. The van der Waals surface area contributed by atoms with Gasteiger partial charge in [0, 0.05) is 12.3 Å². The van der Waals surface area contributed by atoms with Gasteiger partial charge in [0.2, 0.25) is 5.88 Å². The topological polar surface area (TPSA) is 51.7 Å². The number of hydrogen-bond donors (Lipinski definition) is 0. The van der Waals surface area contributed by atoms with Gasteiger partial charge in [0.25, 0.3) is 5.91 Å². The van der Waals surface area contributed by atoms with Gasteiger partial charge in [-0.3, -0.25) is 4.79 Å². The molecule has 1 amide bonds. The number of amides is 1. The van der Waals surface area contributed by atoms with E-state index in [1.807, 2.05) is 31.2 Å². The fourth-order valence-corrected chi connectivity index (χ4v) is 2.37. The van der Waals surface area contributed by atoms with Crippen molar-refractivity contribution in [2.45, 2.75) is 13.0 Å². The number of methoxy groups -OCH3 is 1. The lowest BCUT2D eigenvalue weighted by Gasteiger charge is -2.39. The van der Waals surface area contributed by atoms with Crippen LogP contribution in [-0.4, -0.2) is 42.1 Å². The molecular weight excluding hydrogens is 280 g/mol. The minimum atomic E-state index is -0.0285. The molecule has 5 heteroatoms. The fourth-order valence-electron chi connectivity index (χ4n) is 2.37. The molecule has 0 radical (unpaired) electrons. The fraction of sp³-hybridized carbons (Fsp3) is 0.294. The molecule has 0 unspecified atom stereocenters. The van der Waals surface area contributed by atoms with Crippen molar-refractivity contribution in [2.75, 3.05) is 20.2 Å². The average molecular weight is 298 g/mol. The molecular formula is C17H18N2O3. The van der Waals surface area contributed by atoms with Gasteiger partial charge in [0.1, 0.15) is 11.9 Å². The minimum Gasteiger partial charge on any atom is -0.487 e. The van der Waals surface area contributed by atoms with Gasteiger partial charge in [0.15, 0.2) is 0 Å². The molecule has 1 aliphatic rings. The van der Waals surface area contributed by atoms with Crippen molar-refractivity contribution in [1.82, 2.24) is 9.88 Å². The predicted molar refractivity (Wildman–Crippen MR) is 82.3 cm³/mol. The van der Waals surface area contributed by atoms with Crippen LogP contribution in [-0.2, 0) is 0 Å². The summed E-state index contributed by atoms with van der Waals surface area (Å²) in [6, 6.07) is 11.3. The third kappa shape index (κ3) is 3.03. The van der Waals surface area contributed by atoms with Gasteiger partial charge in [-0.2, -0.15) is 0 Å². The second-order valence-electron chi connectivity index (χ2n) is 5.36. The van der Waals surface area contributed by atoms with E-state index in [1.54, 1.807) is 24.1 Å². The van der Waals surface area contributed by atoms with Crippen molar-refractivity contribution in [3.8, 4) is 11.6 Å². The lowest BCUT2D eigenvalue weighted by atomic mass is 10.1. The molecule has 0 saturated carbocycles. The molecule has 3 rings (SSSR count). The van der Waals surface area contributed by atoms with Crippen molar-refractivity contribution < 1.29 is 14.3 Å². The third-order valence-electron chi connectivity index (χ3n) is 3.62. The molecule has 5 nitrogen and oxygen atoms in total. The van der Waals surface area contributed by atoms with Crippen molar-refractivity contribution in [2.24, 2.45) is 0 Å². The Kier molecular flexibility index (Phi) is 3.96. The standard InChI is InChI=1S/C17H18N2O3/c1-12-4-3-5-14(8-12)22-15-10-19(11-15)17(20)13-6-7-16(21-2)18-9-13/h3-9,15H,10-11H2,1-2H3. The van der Waals surface area contributed by atoms with E-state index in [0.29, 0.717) is 24.5 Å². The van der Waals surface area contributed by atoms with Gasteiger partial charge < -0.3 is 14.4 Å². The molecule has 0 aliphatic carbocycles. The maximum atomic E-state index is 12.3. The maximum absolute atomic E-state index is 12.3. The molecule has 1 aliphatic heterocycles. The Balaban J connectivity index is 1.55. The predicted octanol–water partition coefficient (Wildman–Crippen LogP) is 2.30. The van der Waals surface area contributed by atoms with Crippen LogP contribution in [0, 0.1) is 6.92 Å². The highest BCUT2D eigenvalue weighted by Gasteiger charge is 2.32. The van der Waals surface area contributed by atoms with Crippen LogP contribution in [0.4, 0.5) is 0 Å². The Morgan fingerprint density at radius 3 is 2.73 bits per heavy atom. The van der Waals surface area contributed by atoms with Crippen LogP contribution >= 0.6 is 0 Å². The van der Waals surface area contributed by atoms with Crippen LogP contribution in [0.25, 0.3) is 0 Å². The monoisotopic (exact) mass is 298 g/mol. The van der Waals surface area contributed by atoms with Crippen LogP contribution in [0.1, 0.15) is 15.9 Å². The first kappa shape index (κ1) is 14.4. The molecule has 2 heterocycles. The summed E-state index contributed by atoms with van der Waals surface area (Å²) in [5.74, 6) is 1.32. The van der Waals surface area contributed by atoms with Gasteiger partial charge in [-0.05, 0) is 30.7 Å². The lowest BCUT2D eigenvalue weighted by molar-refractivity contribution is 0.0177. The number of hydrogen-bond acceptors (Lipinski definition) is 4. The highest BCUT2D eigenvalue weighted by molar-refractivity contribution is 5.94. The van der Waals surface area contributed by atoms with E-state index in [-0.39, 0.29) is 12.0 Å². The van der Waals surface area contributed by atoms with E-state index in [0.717, 1.165) is 11.3 Å². The van der Waals surface area contributed by atoms with Crippen molar-refractivity contribution >= 4 is 5.91 Å². The molecule has 114 valence electrons. The first-order chi connectivity index (χ1) is 10.7. The van der Waals surface area contributed by atoms with Crippen LogP contribution in [0.3, 0.4) is 0 Å². The summed E-state index contributed by atoms with van der Waals surface area (Å²) in [6.45, 7) is 3.22. The lowest BCUT2D eigenvalue weighted by Crippen LogP contribution is -2.56. The number of likely N-dealkylation sites (tertiary alicyclic amines) is 1. The molecule has 1 aromatic heterocycles. The van der Waals surface area contributed by atoms with Crippen molar-refractivity contribution in [1.29, 1.82) is 0 Å². The average Bonchev–Trinajstić information content (AvgIpc) is 2.50. The van der Waals surface area contributed by atoms with Gasteiger partial charge in [0.05, 0.1) is 25.8 Å². The third-order valence-corrected chi connectivity index (χ3v) is 3.62. The maximum Gasteiger partial charge on any atom is 0.255 e. The van der Waals surface area contributed by atoms with Crippen LogP contribution < -0.4 is 9.47 Å². The Bertz CT molecular complexity index is 664. The first-order valence-electron chi connectivity index (χ1n) is 7.18. The Labute approximate surface area is 129 Å². The molecule has 1 fully saturated rings. The summed E-state index contributed by atoms with van der Waals surface area (Å²) < 4.78 is 10.8. The molecule has 2 aromatic rings. The number of rotatable bonds is 4. The highest BCUT2D eigenvalue weighted by Crippen LogP contribution is 2.21. The summed E-state index contributed by atoms with van der Waals surface area (Å²) in [5.41, 5.74) is 1.73. The molecule has 22 heavy (non-hydrogen) atoms. The number of nitrogens with zero attached hydrogens (tertiary/aromatic N) is 2. The summed E-state index contributed by atoms with van der Waals surface area (Å²) in [5, 5.41) is 0. The second-order valence-corrected chi connectivity index (χ2v) is 5.36. The molecule has 0 atom stereocenters. The number of benzene rings is 1. The number of aromatic nitrogens is 1. The minimum absolute atomic E-state index is 0.0285. The number of carbonyl (C=O) groups is 1. The zero-order chi connectivity index (χ0) is 15.5. The van der Waals surface area contributed by atoms with E-state index in [4.69, 9.17) is 9.47 Å². The number of aryl methyl sites for hydroxylation is 1. The summed E-state index contributed by atoms with van der Waals surface area (Å²) >= 11 is 0. The highest BCUT2D eigenvalue weighted by atomic mass is 16.5. The van der Waals surface area contributed by atoms with E-state index in [2.05, 4.69) is 4.98 Å². The van der Waals surface area contributed by atoms with E-state index >= 15 is 0 Å². The quantitative estimate of drug-likeness (QED) is 0.869. The number of pyridine rings is 1. The summed E-state index contributed by atoms with van der Waals surface area (Å²) in [6.07, 6.45) is 1.59. The summed E-state index contributed by atoms with van der Waals surface area (Å²) in [4.78, 5) is 18.1. The van der Waals surface area contributed by atoms with Crippen molar-refractivity contribution in [3.63, 3.8) is 0 Å². The largest absolute Gasteiger partial charge is 0.487 e. The van der Waals surface area contributed by atoms with Crippen LogP contribution in [0.2, 0.25) is 0 Å². The molecule has 1 aromatic carbocycles. The Morgan fingerprint density at radius 2 is 2.09 bits per heavy atom. The normalized spacial score (nSPS) is 14.4. The van der Waals surface area contributed by atoms with Gasteiger partial charge in [-0.1, -0.05) is 12.1 Å². The van der Waals surface area contributed by atoms with E-state index in [9.17, 15) is 4.79 Å². The SMILES string of the molecule is COc1ccc(C(=O)N2CC(Oc3cccc(C)c3)C2)cn1. The second kappa shape index (κ2) is 6.05. The molecule has 1 saturated heterocycles.